The summed E-state index contributed by atoms with van der Waals surface area (Å²) in [5, 5.41) is 3.37. The molecule has 0 radical (unpaired) electrons. The van der Waals surface area contributed by atoms with Gasteiger partial charge in [-0.1, -0.05) is 6.92 Å². The lowest BCUT2D eigenvalue weighted by Gasteiger charge is -2.57. The van der Waals surface area contributed by atoms with Gasteiger partial charge in [-0.15, -0.1) is 0 Å². The first-order valence-corrected chi connectivity index (χ1v) is 6.36. The van der Waals surface area contributed by atoms with Gasteiger partial charge >= 0.3 is 0 Å². The maximum atomic E-state index is 4.36. The monoisotopic (exact) mass is 232 g/mol. The van der Waals surface area contributed by atoms with Gasteiger partial charge in [0, 0.05) is 62.8 Å². The molecular formula is C13H20N4. The van der Waals surface area contributed by atoms with E-state index in [1.54, 1.807) is 0 Å². The van der Waals surface area contributed by atoms with Crippen LogP contribution in [0.25, 0.3) is 6.08 Å². The minimum Gasteiger partial charge on any atom is -0.373 e. The molecule has 4 nitrogen and oxygen atoms in total. The first-order chi connectivity index (χ1) is 8.22. The molecule has 92 valence electrons. The molecule has 3 heterocycles. The molecule has 2 aliphatic heterocycles. The Hall–Kier alpha value is -1.29. The Balaban J connectivity index is 1.72. The lowest BCUT2D eigenvalue weighted by molar-refractivity contribution is -0.0173. The Morgan fingerprint density at radius 2 is 2.29 bits per heavy atom. The van der Waals surface area contributed by atoms with Crippen LogP contribution in [0.3, 0.4) is 0 Å². The molecule has 0 atom stereocenters. The van der Waals surface area contributed by atoms with Gasteiger partial charge in [-0.2, -0.15) is 0 Å². The van der Waals surface area contributed by atoms with Crippen LogP contribution in [0.2, 0.25) is 0 Å². The second-order valence-corrected chi connectivity index (χ2v) is 5.35. The smallest absolute Gasteiger partial charge is 0.134 e. The summed E-state index contributed by atoms with van der Waals surface area (Å²) in [5.41, 5.74) is 2.01. The number of hydrogen-bond donors (Lipinski definition) is 1. The fourth-order valence-corrected chi connectivity index (χ4v) is 2.75. The van der Waals surface area contributed by atoms with Gasteiger partial charge in [0.1, 0.15) is 5.82 Å². The van der Waals surface area contributed by atoms with Gasteiger partial charge in [0.25, 0.3) is 0 Å². The molecule has 0 amide bonds. The molecule has 4 heteroatoms. The topological polar surface area (TPSA) is 33.1 Å². The fourth-order valence-electron chi connectivity index (χ4n) is 2.75. The Kier molecular flexibility index (Phi) is 2.47. The number of allylic oxidation sites excluding steroid dienone is 1. The quantitative estimate of drug-likeness (QED) is 0.846. The molecule has 2 fully saturated rings. The average molecular weight is 232 g/mol. The summed E-state index contributed by atoms with van der Waals surface area (Å²) in [6, 6.07) is 0. The number of rotatable bonds is 3. The highest BCUT2D eigenvalue weighted by atomic mass is 15.3. The van der Waals surface area contributed by atoms with Crippen LogP contribution in [0.15, 0.2) is 18.1 Å². The highest BCUT2D eigenvalue weighted by molar-refractivity contribution is 5.45. The standard InChI is InChI=1S/C13H20N4/c1-3-11(6-12-15-4-5-16(12)2)17-9-13(10-17)7-14-8-13/h4-6,14H,3,7-10H2,1-2H3/b11-6+. The second-order valence-electron chi connectivity index (χ2n) is 5.35. The molecule has 3 rings (SSSR count). The van der Waals surface area contributed by atoms with Crippen LogP contribution in [0.5, 0.6) is 0 Å². The molecular weight excluding hydrogens is 212 g/mol. The van der Waals surface area contributed by atoms with Crippen molar-refractivity contribution in [2.45, 2.75) is 13.3 Å². The van der Waals surface area contributed by atoms with Gasteiger partial charge in [-0.05, 0) is 6.42 Å². The third kappa shape index (κ3) is 1.76. The van der Waals surface area contributed by atoms with Crippen molar-refractivity contribution in [2.24, 2.45) is 12.5 Å². The van der Waals surface area contributed by atoms with E-state index < -0.39 is 0 Å². The number of likely N-dealkylation sites (tertiary alicyclic amines) is 1. The number of hydrogen-bond acceptors (Lipinski definition) is 3. The molecule has 1 spiro atoms. The van der Waals surface area contributed by atoms with Crippen molar-refractivity contribution in [3.63, 3.8) is 0 Å². The highest BCUT2D eigenvalue weighted by Gasteiger charge is 2.47. The first kappa shape index (κ1) is 10.8. The van der Waals surface area contributed by atoms with Crippen molar-refractivity contribution in [1.29, 1.82) is 0 Å². The zero-order valence-electron chi connectivity index (χ0n) is 10.6. The summed E-state index contributed by atoms with van der Waals surface area (Å²) in [5.74, 6) is 1.05. The Morgan fingerprint density at radius 1 is 1.53 bits per heavy atom. The van der Waals surface area contributed by atoms with Gasteiger partial charge < -0.3 is 14.8 Å². The Labute approximate surface area is 102 Å². The molecule has 1 aromatic heterocycles. The summed E-state index contributed by atoms with van der Waals surface area (Å²) >= 11 is 0. The molecule has 2 aliphatic rings. The summed E-state index contributed by atoms with van der Waals surface area (Å²) in [6.07, 6.45) is 7.15. The van der Waals surface area contributed by atoms with Crippen LogP contribution in [-0.4, -0.2) is 40.6 Å². The zero-order valence-corrected chi connectivity index (χ0v) is 10.6. The number of aromatic nitrogens is 2. The zero-order chi connectivity index (χ0) is 11.9. The third-order valence-electron chi connectivity index (χ3n) is 3.98. The molecule has 17 heavy (non-hydrogen) atoms. The number of aryl methyl sites for hydroxylation is 1. The van der Waals surface area contributed by atoms with Crippen LogP contribution in [0.4, 0.5) is 0 Å². The van der Waals surface area contributed by atoms with Crippen molar-refractivity contribution in [3.8, 4) is 0 Å². The van der Waals surface area contributed by atoms with Crippen LogP contribution in [-0.2, 0) is 7.05 Å². The Bertz CT molecular complexity index is 434. The van der Waals surface area contributed by atoms with E-state index in [-0.39, 0.29) is 0 Å². The van der Waals surface area contributed by atoms with Gasteiger partial charge in [0.2, 0.25) is 0 Å². The third-order valence-corrected chi connectivity index (χ3v) is 3.98. The average Bonchev–Trinajstić information content (AvgIpc) is 2.58. The summed E-state index contributed by atoms with van der Waals surface area (Å²) in [4.78, 5) is 6.86. The van der Waals surface area contributed by atoms with Crippen LogP contribution >= 0.6 is 0 Å². The van der Waals surface area contributed by atoms with Gasteiger partial charge in [-0.3, -0.25) is 0 Å². The fraction of sp³-hybridized carbons (Fsp3) is 0.615. The van der Waals surface area contributed by atoms with Crippen molar-refractivity contribution in [3.05, 3.63) is 23.9 Å². The molecule has 2 saturated heterocycles. The normalized spacial score (nSPS) is 22.5. The van der Waals surface area contributed by atoms with Crippen molar-refractivity contribution in [2.75, 3.05) is 26.2 Å². The molecule has 0 aliphatic carbocycles. The number of imidazole rings is 1. The molecule has 0 bridgehead atoms. The first-order valence-electron chi connectivity index (χ1n) is 6.36. The predicted molar refractivity (Wildman–Crippen MR) is 68.4 cm³/mol. The van der Waals surface area contributed by atoms with Crippen molar-refractivity contribution in [1.82, 2.24) is 19.8 Å². The van der Waals surface area contributed by atoms with Gasteiger partial charge in [0.15, 0.2) is 0 Å². The molecule has 1 aromatic rings. The molecule has 1 N–H and O–H groups in total. The van der Waals surface area contributed by atoms with Crippen LogP contribution < -0.4 is 5.32 Å². The van der Waals surface area contributed by atoms with E-state index in [4.69, 9.17) is 0 Å². The minimum absolute atomic E-state index is 0.593. The maximum absolute atomic E-state index is 4.36. The van der Waals surface area contributed by atoms with E-state index >= 15 is 0 Å². The van der Waals surface area contributed by atoms with E-state index in [9.17, 15) is 0 Å². The van der Waals surface area contributed by atoms with E-state index in [2.05, 4.69) is 32.8 Å². The van der Waals surface area contributed by atoms with Crippen LogP contribution in [0.1, 0.15) is 19.2 Å². The molecule has 0 saturated carbocycles. The van der Waals surface area contributed by atoms with E-state index in [1.807, 2.05) is 19.4 Å². The van der Waals surface area contributed by atoms with E-state index in [0.29, 0.717) is 5.41 Å². The molecule has 0 aromatic carbocycles. The van der Waals surface area contributed by atoms with Crippen LogP contribution in [0, 0.1) is 5.41 Å². The Morgan fingerprint density at radius 3 is 2.76 bits per heavy atom. The van der Waals surface area contributed by atoms with Crippen molar-refractivity contribution >= 4 is 6.08 Å². The summed E-state index contributed by atoms with van der Waals surface area (Å²) < 4.78 is 2.07. The minimum atomic E-state index is 0.593. The summed E-state index contributed by atoms with van der Waals surface area (Å²) in [7, 11) is 2.04. The second kappa shape index (κ2) is 3.88. The number of nitrogens with one attached hydrogen (secondary N) is 1. The molecule has 0 unspecified atom stereocenters. The lowest BCUT2D eigenvalue weighted by atomic mass is 9.74. The van der Waals surface area contributed by atoms with Gasteiger partial charge in [0.05, 0.1) is 0 Å². The maximum Gasteiger partial charge on any atom is 0.134 e. The van der Waals surface area contributed by atoms with E-state index in [1.165, 1.54) is 31.9 Å². The van der Waals surface area contributed by atoms with Crippen molar-refractivity contribution < 1.29 is 0 Å². The lowest BCUT2D eigenvalue weighted by Crippen LogP contribution is -2.70. The summed E-state index contributed by atoms with van der Waals surface area (Å²) in [6.45, 7) is 7.04. The highest BCUT2D eigenvalue weighted by Crippen LogP contribution is 2.37. The largest absolute Gasteiger partial charge is 0.373 e. The van der Waals surface area contributed by atoms with E-state index in [0.717, 1.165) is 12.2 Å². The predicted octanol–water partition coefficient (Wildman–Crippen LogP) is 1.08. The SMILES string of the molecule is CC/C(=C\c1nccn1C)N1CC2(CNC2)C1. The van der Waals surface area contributed by atoms with Gasteiger partial charge in [-0.25, -0.2) is 4.98 Å². The number of nitrogens with zero attached hydrogens (tertiary/aromatic N) is 3.